The fraction of sp³-hybridized carbons (Fsp3) is 0.474. The van der Waals surface area contributed by atoms with Crippen LogP contribution in [-0.4, -0.2) is 33.7 Å². The first kappa shape index (κ1) is 19.8. The third kappa shape index (κ3) is 5.07. The van der Waals surface area contributed by atoms with Gasteiger partial charge in [0.15, 0.2) is 5.16 Å². The van der Waals surface area contributed by atoms with Crippen LogP contribution in [0.2, 0.25) is 0 Å². The molecule has 144 valence electrons. The van der Waals surface area contributed by atoms with Gasteiger partial charge in [-0.05, 0) is 50.7 Å². The summed E-state index contributed by atoms with van der Waals surface area (Å²) in [6.45, 7) is 5.87. The lowest BCUT2D eigenvalue weighted by Gasteiger charge is -2.18. The number of carbonyl (C=O) groups excluding carboxylic acids is 2. The van der Waals surface area contributed by atoms with Crippen molar-refractivity contribution in [3.63, 3.8) is 0 Å². The van der Waals surface area contributed by atoms with Gasteiger partial charge in [-0.1, -0.05) is 18.7 Å². The molecule has 0 bridgehead atoms. The molecule has 0 saturated carbocycles. The van der Waals surface area contributed by atoms with Crippen LogP contribution in [0.3, 0.4) is 0 Å². The molecule has 8 heteroatoms. The fourth-order valence-corrected chi connectivity index (χ4v) is 5.00. The Morgan fingerprint density at radius 1 is 1.37 bits per heavy atom. The highest BCUT2D eigenvalue weighted by molar-refractivity contribution is 7.99. The number of ether oxygens (including phenoxy) is 1. The minimum Gasteiger partial charge on any atom is -0.459 e. The van der Waals surface area contributed by atoms with Crippen LogP contribution in [0.4, 0.5) is 5.00 Å². The zero-order valence-corrected chi connectivity index (χ0v) is 17.3. The monoisotopic (exact) mass is 405 g/mol. The summed E-state index contributed by atoms with van der Waals surface area (Å²) in [5.74, 6) is 0.227. The molecule has 27 heavy (non-hydrogen) atoms. The highest BCUT2D eigenvalue weighted by Crippen LogP contribution is 2.40. The topological polar surface area (TPSA) is 81.2 Å². The van der Waals surface area contributed by atoms with Crippen LogP contribution >= 0.6 is 23.1 Å². The Bertz CT molecular complexity index is 821. The summed E-state index contributed by atoms with van der Waals surface area (Å²) in [4.78, 5) is 34.5. The fourth-order valence-electron chi connectivity index (χ4n) is 2.98. The van der Waals surface area contributed by atoms with Crippen LogP contribution in [-0.2, 0) is 22.4 Å². The molecule has 0 fully saturated rings. The highest BCUT2D eigenvalue weighted by atomic mass is 32.2. The maximum Gasteiger partial charge on any atom is 0.341 e. The minimum absolute atomic E-state index is 0.182. The molecule has 0 aliphatic heterocycles. The van der Waals surface area contributed by atoms with Gasteiger partial charge in [-0.3, -0.25) is 4.79 Å². The number of nitrogens with zero attached hydrogens (tertiary/aromatic N) is 2. The summed E-state index contributed by atoms with van der Waals surface area (Å²) in [7, 11) is 0. The number of fused-ring (bicyclic) bond motifs is 1. The lowest BCUT2D eigenvalue weighted by molar-refractivity contribution is -0.113. The SMILES string of the molecule is CC1CCc2c(sc(NC(=O)CSc3ncccn3)c2C(=O)OC(C)C)C1. The summed E-state index contributed by atoms with van der Waals surface area (Å²) in [5, 5.41) is 4.05. The number of hydrogen-bond acceptors (Lipinski definition) is 7. The highest BCUT2D eigenvalue weighted by Gasteiger charge is 2.29. The Balaban J connectivity index is 1.77. The maximum atomic E-state index is 12.7. The average Bonchev–Trinajstić information content (AvgIpc) is 2.97. The summed E-state index contributed by atoms with van der Waals surface area (Å²) in [5.41, 5.74) is 1.57. The van der Waals surface area contributed by atoms with Crippen molar-refractivity contribution in [2.45, 2.75) is 51.3 Å². The number of nitrogens with one attached hydrogen (secondary N) is 1. The summed E-state index contributed by atoms with van der Waals surface area (Å²) < 4.78 is 5.43. The lowest BCUT2D eigenvalue weighted by Crippen LogP contribution is -2.19. The van der Waals surface area contributed by atoms with E-state index >= 15 is 0 Å². The molecular formula is C19H23N3O3S2. The largest absolute Gasteiger partial charge is 0.459 e. The molecule has 1 unspecified atom stereocenters. The van der Waals surface area contributed by atoms with E-state index in [2.05, 4.69) is 22.2 Å². The number of carbonyl (C=O) groups is 2. The third-order valence-corrected chi connectivity index (χ3v) is 6.23. The van der Waals surface area contributed by atoms with E-state index in [0.717, 1.165) is 24.8 Å². The van der Waals surface area contributed by atoms with E-state index in [4.69, 9.17) is 4.74 Å². The second-order valence-corrected chi connectivity index (χ2v) is 8.93. The van der Waals surface area contributed by atoms with E-state index in [9.17, 15) is 9.59 Å². The molecular weight excluding hydrogens is 382 g/mol. The van der Waals surface area contributed by atoms with Crippen molar-refractivity contribution in [3.05, 3.63) is 34.5 Å². The molecule has 0 aromatic carbocycles. The molecule has 1 aliphatic rings. The van der Waals surface area contributed by atoms with Gasteiger partial charge in [0.25, 0.3) is 0 Å². The molecule has 0 spiro atoms. The summed E-state index contributed by atoms with van der Waals surface area (Å²) >= 11 is 2.76. The Morgan fingerprint density at radius 3 is 2.81 bits per heavy atom. The quantitative estimate of drug-likeness (QED) is 0.445. The predicted octanol–water partition coefficient (Wildman–Crippen LogP) is 3.96. The van der Waals surface area contributed by atoms with Gasteiger partial charge < -0.3 is 10.1 Å². The van der Waals surface area contributed by atoms with Crippen LogP contribution in [0, 0.1) is 5.92 Å². The zero-order valence-electron chi connectivity index (χ0n) is 15.7. The van der Waals surface area contributed by atoms with Gasteiger partial charge in [-0.2, -0.15) is 0 Å². The number of rotatable bonds is 6. The molecule has 0 saturated heterocycles. The first-order chi connectivity index (χ1) is 12.9. The van der Waals surface area contributed by atoms with E-state index in [1.165, 1.54) is 28.0 Å². The molecule has 3 rings (SSSR count). The molecule has 2 heterocycles. The zero-order chi connectivity index (χ0) is 19.4. The van der Waals surface area contributed by atoms with Crippen LogP contribution in [0.5, 0.6) is 0 Å². The Morgan fingerprint density at radius 2 is 2.11 bits per heavy atom. The van der Waals surface area contributed by atoms with E-state index in [1.807, 2.05) is 13.8 Å². The average molecular weight is 406 g/mol. The van der Waals surface area contributed by atoms with E-state index in [-0.39, 0.29) is 23.7 Å². The van der Waals surface area contributed by atoms with Crippen molar-refractivity contribution in [2.75, 3.05) is 11.1 Å². The molecule has 2 aromatic rings. The van der Waals surface area contributed by atoms with Gasteiger partial charge in [-0.15, -0.1) is 11.3 Å². The van der Waals surface area contributed by atoms with Gasteiger partial charge in [0.05, 0.1) is 17.4 Å². The van der Waals surface area contributed by atoms with E-state index in [0.29, 0.717) is 21.6 Å². The van der Waals surface area contributed by atoms with Crippen LogP contribution < -0.4 is 5.32 Å². The molecule has 1 N–H and O–H groups in total. The lowest BCUT2D eigenvalue weighted by atomic mass is 9.88. The van der Waals surface area contributed by atoms with Crippen molar-refractivity contribution in [1.82, 2.24) is 9.97 Å². The number of hydrogen-bond donors (Lipinski definition) is 1. The molecule has 1 aliphatic carbocycles. The van der Waals surface area contributed by atoms with Crippen molar-refractivity contribution in [2.24, 2.45) is 5.92 Å². The number of amides is 1. The van der Waals surface area contributed by atoms with Gasteiger partial charge >= 0.3 is 5.97 Å². The van der Waals surface area contributed by atoms with Gasteiger partial charge in [-0.25, -0.2) is 14.8 Å². The molecule has 0 radical (unpaired) electrons. The van der Waals surface area contributed by atoms with E-state index in [1.54, 1.807) is 18.5 Å². The smallest absolute Gasteiger partial charge is 0.341 e. The first-order valence-corrected chi connectivity index (χ1v) is 10.8. The first-order valence-electron chi connectivity index (χ1n) is 8.99. The van der Waals surface area contributed by atoms with Crippen molar-refractivity contribution in [1.29, 1.82) is 0 Å². The van der Waals surface area contributed by atoms with E-state index < -0.39 is 0 Å². The predicted molar refractivity (Wildman–Crippen MR) is 107 cm³/mol. The van der Waals surface area contributed by atoms with Crippen molar-refractivity contribution < 1.29 is 14.3 Å². The van der Waals surface area contributed by atoms with Gasteiger partial charge in [0, 0.05) is 17.3 Å². The second-order valence-electron chi connectivity index (χ2n) is 6.88. The molecule has 1 amide bonds. The third-order valence-electron chi connectivity index (χ3n) is 4.19. The number of esters is 1. The normalized spacial score (nSPS) is 16.1. The van der Waals surface area contributed by atoms with Crippen molar-refractivity contribution >= 4 is 40.0 Å². The summed E-state index contributed by atoms with van der Waals surface area (Å²) in [6, 6.07) is 1.73. The Kier molecular flexibility index (Phi) is 6.49. The molecule has 1 atom stereocenters. The Hall–Kier alpha value is -1.93. The number of aromatic nitrogens is 2. The number of thiophene rings is 1. The number of thioether (sulfide) groups is 1. The number of anilines is 1. The van der Waals surface area contributed by atoms with Crippen LogP contribution in [0.15, 0.2) is 23.6 Å². The summed E-state index contributed by atoms with van der Waals surface area (Å²) in [6.07, 6.45) is 5.90. The van der Waals surface area contributed by atoms with Gasteiger partial charge in [0.1, 0.15) is 5.00 Å². The second kappa shape index (κ2) is 8.84. The molecule has 6 nitrogen and oxygen atoms in total. The standard InChI is InChI=1S/C19H23N3O3S2/c1-11(2)25-18(24)16-13-6-5-12(3)9-14(13)27-17(16)22-15(23)10-26-19-20-7-4-8-21-19/h4,7-8,11-12H,5-6,9-10H2,1-3H3,(H,22,23). The molecule has 2 aromatic heterocycles. The van der Waals surface area contributed by atoms with Gasteiger partial charge in [0.2, 0.25) is 5.91 Å². The Labute approximate surface area is 167 Å². The maximum absolute atomic E-state index is 12.7. The van der Waals surface area contributed by atoms with Crippen LogP contribution in [0.25, 0.3) is 0 Å². The van der Waals surface area contributed by atoms with Crippen LogP contribution in [0.1, 0.15) is 48.0 Å². The van der Waals surface area contributed by atoms with Crippen molar-refractivity contribution in [3.8, 4) is 0 Å². The minimum atomic E-state index is -0.355.